The van der Waals surface area contributed by atoms with E-state index < -0.39 is 0 Å². The standard InChI is InChI=1S/C7H7N3/c1-5-2-6(3-8)7(9)10-4-5/h2,4H,1H3,(H2,9,10). The first-order chi connectivity index (χ1) is 4.74. The molecule has 1 rings (SSSR count). The molecule has 0 aromatic carbocycles. The predicted octanol–water partition coefficient (Wildman–Crippen LogP) is 0.844. The number of nitriles is 1. The van der Waals surface area contributed by atoms with E-state index in [0.717, 1.165) is 5.56 Å². The summed E-state index contributed by atoms with van der Waals surface area (Å²) in [5.74, 6) is 0.299. The Morgan fingerprint density at radius 3 is 2.90 bits per heavy atom. The number of rotatable bonds is 0. The van der Waals surface area contributed by atoms with E-state index in [4.69, 9.17) is 11.0 Å². The second-order valence-corrected chi connectivity index (χ2v) is 2.06. The number of nitrogens with zero attached hydrogens (tertiary/aromatic N) is 2. The van der Waals surface area contributed by atoms with E-state index in [1.165, 1.54) is 0 Å². The molecule has 0 amide bonds. The van der Waals surface area contributed by atoms with Gasteiger partial charge in [-0.15, -0.1) is 0 Å². The molecule has 0 aliphatic carbocycles. The molecule has 0 saturated heterocycles. The van der Waals surface area contributed by atoms with Crippen LogP contribution in [-0.2, 0) is 0 Å². The van der Waals surface area contributed by atoms with Gasteiger partial charge in [0.25, 0.3) is 0 Å². The van der Waals surface area contributed by atoms with Gasteiger partial charge in [-0.3, -0.25) is 0 Å². The Balaban J connectivity index is 3.25. The van der Waals surface area contributed by atoms with E-state index in [1.54, 1.807) is 12.3 Å². The lowest BCUT2D eigenvalue weighted by atomic mass is 10.2. The molecule has 0 bridgehead atoms. The van der Waals surface area contributed by atoms with Gasteiger partial charge in [-0.2, -0.15) is 5.26 Å². The lowest BCUT2D eigenvalue weighted by molar-refractivity contribution is 1.26. The zero-order chi connectivity index (χ0) is 7.56. The van der Waals surface area contributed by atoms with Gasteiger partial charge >= 0.3 is 0 Å². The average Bonchev–Trinajstić information content (AvgIpc) is 1.94. The van der Waals surface area contributed by atoms with Crippen LogP contribution in [0.3, 0.4) is 0 Å². The van der Waals surface area contributed by atoms with Gasteiger partial charge in [0.15, 0.2) is 0 Å². The molecule has 0 aliphatic rings. The third kappa shape index (κ3) is 1.06. The van der Waals surface area contributed by atoms with Crippen molar-refractivity contribution in [2.24, 2.45) is 0 Å². The molecular formula is C7H7N3. The highest BCUT2D eigenvalue weighted by Crippen LogP contribution is 2.07. The summed E-state index contributed by atoms with van der Waals surface area (Å²) < 4.78 is 0. The highest BCUT2D eigenvalue weighted by molar-refractivity contribution is 5.48. The van der Waals surface area contributed by atoms with Crippen molar-refractivity contribution in [1.29, 1.82) is 5.26 Å². The summed E-state index contributed by atoms with van der Waals surface area (Å²) in [6.07, 6.45) is 1.64. The molecule has 0 aliphatic heterocycles. The van der Waals surface area contributed by atoms with Crippen LogP contribution in [0, 0.1) is 18.3 Å². The fourth-order valence-electron chi connectivity index (χ4n) is 0.669. The first-order valence-electron chi connectivity index (χ1n) is 2.86. The van der Waals surface area contributed by atoms with Crippen molar-refractivity contribution in [2.75, 3.05) is 5.73 Å². The van der Waals surface area contributed by atoms with Gasteiger partial charge in [0, 0.05) is 6.20 Å². The highest BCUT2D eigenvalue weighted by Gasteiger charge is 1.96. The molecule has 1 aromatic heterocycles. The van der Waals surface area contributed by atoms with E-state index in [1.807, 2.05) is 13.0 Å². The van der Waals surface area contributed by atoms with Crippen molar-refractivity contribution in [1.82, 2.24) is 4.98 Å². The molecule has 3 nitrogen and oxygen atoms in total. The number of aromatic nitrogens is 1. The number of anilines is 1. The lowest BCUT2D eigenvalue weighted by Crippen LogP contribution is -1.94. The number of hydrogen-bond donors (Lipinski definition) is 1. The number of pyridine rings is 1. The van der Waals surface area contributed by atoms with Crippen LogP contribution in [0.25, 0.3) is 0 Å². The molecule has 50 valence electrons. The Bertz CT molecular complexity index is 285. The van der Waals surface area contributed by atoms with Crippen LogP contribution in [0.4, 0.5) is 5.82 Å². The predicted molar refractivity (Wildman–Crippen MR) is 38.1 cm³/mol. The first kappa shape index (κ1) is 6.56. The topological polar surface area (TPSA) is 62.7 Å². The molecule has 0 fully saturated rings. The summed E-state index contributed by atoms with van der Waals surface area (Å²) in [6.45, 7) is 1.87. The summed E-state index contributed by atoms with van der Waals surface area (Å²) in [6, 6.07) is 3.66. The molecule has 10 heavy (non-hydrogen) atoms. The maximum absolute atomic E-state index is 8.47. The van der Waals surface area contributed by atoms with E-state index in [2.05, 4.69) is 4.98 Å². The maximum atomic E-state index is 8.47. The Hall–Kier alpha value is -1.56. The molecule has 1 heterocycles. The third-order valence-corrected chi connectivity index (χ3v) is 1.18. The van der Waals surface area contributed by atoms with Crippen molar-refractivity contribution >= 4 is 5.82 Å². The molecule has 0 saturated carbocycles. The van der Waals surface area contributed by atoms with Crippen molar-refractivity contribution in [3.05, 3.63) is 23.4 Å². The Kier molecular flexibility index (Phi) is 1.55. The molecular weight excluding hydrogens is 126 g/mol. The first-order valence-corrected chi connectivity index (χ1v) is 2.86. The molecule has 0 radical (unpaired) electrons. The van der Waals surface area contributed by atoms with Crippen LogP contribution in [0.1, 0.15) is 11.1 Å². The molecule has 0 atom stereocenters. The number of hydrogen-bond acceptors (Lipinski definition) is 3. The van der Waals surface area contributed by atoms with Crippen LogP contribution in [-0.4, -0.2) is 4.98 Å². The van der Waals surface area contributed by atoms with Crippen molar-refractivity contribution in [3.8, 4) is 6.07 Å². The summed E-state index contributed by atoms with van der Waals surface area (Å²) >= 11 is 0. The normalized spacial score (nSPS) is 8.80. The smallest absolute Gasteiger partial charge is 0.141 e. The minimum atomic E-state index is 0.299. The zero-order valence-corrected chi connectivity index (χ0v) is 5.63. The lowest BCUT2D eigenvalue weighted by Gasteiger charge is -1.95. The van der Waals surface area contributed by atoms with Crippen LogP contribution in [0.5, 0.6) is 0 Å². The maximum Gasteiger partial charge on any atom is 0.141 e. The van der Waals surface area contributed by atoms with E-state index in [0.29, 0.717) is 11.4 Å². The Labute approximate surface area is 59.1 Å². The summed E-state index contributed by atoms with van der Waals surface area (Å²) in [5.41, 5.74) is 6.76. The summed E-state index contributed by atoms with van der Waals surface area (Å²) in [7, 11) is 0. The van der Waals surface area contributed by atoms with Crippen LogP contribution < -0.4 is 5.73 Å². The van der Waals surface area contributed by atoms with Crippen LogP contribution >= 0.6 is 0 Å². The highest BCUT2D eigenvalue weighted by atomic mass is 14.8. The van der Waals surface area contributed by atoms with Gasteiger partial charge in [0.05, 0.1) is 5.56 Å². The molecule has 3 heteroatoms. The fourth-order valence-corrected chi connectivity index (χ4v) is 0.669. The van der Waals surface area contributed by atoms with Crippen molar-refractivity contribution in [3.63, 3.8) is 0 Å². The fraction of sp³-hybridized carbons (Fsp3) is 0.143. The SMILES string of the molecule is Cc1cnc(N)c(C#N)c1. The molecule has 1 aromatic rings. The number of nitrogen functional groups attached to an aromatic ring is 1. The molecule has 0 unspecified atom stereocenters. The van der Waals surface area contributed by atoms with Gasteiger partial charge in [-0.25, -0.2) is 4.98 Å². The third-order valence-electron chi connectivity index (χ3n) is 1.18. The van der Waals surface area contributed by atoms with Gasteiger partial charge in [0.1, 0.15) is 11.9 Å². The van der Waals surface area contributed by atoms with Crippen LogP contribution in [0.2, 0.25) is 0 Å². The average molecular weight is 133 g/mol. The largest absolute Gasteiger partial charge is 0.383 e. The quantitative estimate of drug-likeness (QED) is 0.570. The Morgan fingerprint density at radius 1 is 1.70 bits per heavy atom. The molecule has 2 N–H and O–H groups in total. The van der Waals surface area contributed by atoms with Gasteiger partial charge in [-0.05, 0) is 18.6 Å². The summed E-state index contributed by atoms with van der Waals surface area (Å²) in [5, 5.41) is 8.47. The second-order valence-electron chi connectivity index (χ2n) is 2.06. The minimum absolute atomic E-state index is 0.299. The molecule has 0 spiro atoms. The number of aryl methyl sites for hydroxylation is 1. The van der Waals surface area contributed by atoms with Crippen molar-refractivity contribution in [2.45, 2.75) is 6.92 Å². The number of nitrogens with two attached hydrogens (primary N) is 1. The van der Waals surface area contributed by atoms with Gasteiger partial charge in [-0.1, -0.05) is 0 Å². The zero-order valence-electron chi connectivity index (χ0n) is 5.63. The summed E-state index contributed by atoms with van der Waals surface area (Å²) in [4.78, 5) is 3.80. The monoisotopic (exact) mass is 133 g/mol. The second kappa shape index (κ2) is 2.36. The van der Waals surface area contributed by atoms with Gasteiger partial charge in [0.2, 0.25) is 0 Å². The van der Waals surface area contributed by atoms with E-state index in [9.17, 15) is 0 Å². The van der Waals surface area contributed by atoms with Crippen LogP contribution in [0.15, 0.2) is 12.3 Å². The van der Waals surface area contributed by atoms with E-state index >= 15 is 0 Å². The van der Waals surface area contributed by atoms with E-state index in [-0.39, 0.29) is 0 Å². The van der Waals surface area contributed by atoms with Gasteiger partial charge < -0.3 is 5.73 Å². The minimum Gasteiger partial charge on any atom is -0.383 e. The van der Waals surface area contributed by atoms with Crippen molar-refractivity contribution < 1.29 is 0 Å². The Morgan fingerprint density at radius 2 is 2.40 bits per heavy atom.